The predicted octanol–water partition coefficient (Wildman–Crippen LogP) is 0.714. The molecule has 3 atom stereocenters. The molecule has 98 valence electrons. The van der Waals surface area contributed by atoms with E-state index in [-0.39, 0.29) is 11.9 Å². The molecule has 1 aliphatic carbocycles. The number of carbonyl (C=O) groups is 1. The molecule has 3 unspecified atom stereocenters. The normalized spacial score (nSPS) is 34.8. The Hall–Kier alpha value is -0.610. The molecule has 1 heterocycles. The van der Waals surface area contributed by atoms with E-state index in [0.29, 0.717) is 18.5 Å². The van der Waals surface area contributed by atoms with E-state index < -0.39 is 0 Å². The summed E-state index contributed by atoms with van der Waals surface area (Å²) >= 11 is 0. The summed E-state index contributed by atoms with van der Waals surface area (Å²) in [5, 5.41) is 3.19. The van der Waals surface area contributed by atoms with Gasteiger partial charge >= 0.3 is 0 Å². The fourth-order valence-corrected chi connectivity index (χ4v) is 2.99. The average Bonchev–Trinajstić information content (AvgIpc) is 2.67. The van der Waals surface area contributed by atoms with Gasteiger partial charge in [-0.1, -0.05) is 19.8 Å². The standard InChI is InChI=1S/C13H25N3O/c1-10-4-2-3-5-12(10)15-13(17)9-16-7-6-11(14)8-16/h10-12H,2-9,14H2,1H3,(H,15,17). The van der Waals surface area contributed by atoms with Crippen molar-refractivity contribution in [1.29, 1.82) is 0 Å². The number of nitrogens with one attached hydrogen (secondary N) is 1. The van der Waals surface area contributed by atoms with Gasteiger partial charge in [-0.2, -0.15) is 0 Å². The van der Waals surface area contributed by atoms with E-state index >= 15 is 0 Å². The Morgan fingerprint density at radius 2 is 2.12 bits per heavy atom. The summed E-state index contributed by atoms with van der Waals surface area (Å²) in [7, 11) is 0. The molecule has 2 rings (SSSR count). The zero-order valence-electron chi connectivity index (χ0n) is 10.8. The molecule has 0 radical (unpaired) electrons. The summed E-state index contributed by atoms with van der Waals surface area (Å²) in [5.74, 6) is 0.811. The number of nitrogens with zero attached hydrogens (tertiary/aromatic N) is 1. The molecular weight excluding hydrogens is 214 g/mol. The smallest absolute Gasteiger partial charge is 0.234 e. The van der Waals surface area contributed by atoms with Gasteiger partial charge < -0.3 is 11.1 Å². The van der Waals surface area contributed by atoms with Gasteiger partial charge in [0.25, 0.3) is 0 Å². The van der Waals surface area contributed by atoms with Crippen molar-refractivity contribution in [3.8, 4) is 0 Å². The van der Waals surface area contributed by atoms with Crippen molar-refractivity contribution in [2.75, 3.05) is 19.6 Å². The number of hydrogen-bond donors (Lipinski definition) is 2. The van der Waals surface area contributed by atoms with Crippen LogP contribution in [0.15, 0.2) is 0 Å². The van der Waals surface area contributed by atoms with E-state index in [4.69, 9.17) is 5.73 Å². The minimum Gasteiger partial charge on any atom is -0.352 e. The van der Waals surface area contributed by atoms with Gasteiger partial charge in [0, 0.05) is 25.2 Å². The van der Waals surface area contributed by atoms with Gasteiger partial charge in [0.15, 0.2) is 0 Å². The lowest BCUT2D eigenvalue weighted by Gasteiger charge is -2.30. The highest BCUT2D eigenvalue weighted by molar-refractivity contribution is 5.78. The molecule has 4 nitrogen and oxygen atoms in total. The van der Waals surface area contributed by atoms with Crippen LogP contribution in [0.1, 0.15) is 39.0 Å². The minimum atomic E-state index is 0.179. The van der Waals surface area contributed by atoms with Crippen molar-refractivity contribution in [3.63, 3.8) is 0 Å². The zero-order valence-corrected chi connectivity index (χ0v) is 10.8. The third kappa shape index (κ3) is 3.68. The largest absolute Gasteiger partial charge is 0.352 e. The first-order chi connectivity index (χ1) is 8.15. The van der Waals surface area contributed by atoms with E-state index in [1.165, 1.54) is 19.3 Å². The first-order valence-corrected chi connectivity index (χ1v) is 6.92. The van der Waals surface area contributed by atoms with Crippen LogP contribution in [0.5, 0.6) is 0 Å². The molecule has 0 aromatic carbocycles. The van der Waals surface area contributed by atoms with Crippen molar-refractivity contribution >= 4 is 5.91 Å². The van der Waals surface area contributed by atoms with Crippen LogP contribution >= 0.6 is 0 Å². The van der Waals surface area contributed by atoms with Gasteiger partial charge in [-0.25, -0.2) is 0 Å². The lowest BCUT2D eigenvalue weighted by atomic mass is 9.86. The maximum absolute atomic E-state index is 11.9. The number of hydrogen-bond acceptors (Lipinski definition) is 3. The molecule has 1 saturated heterocycles. The lowest BCUT2D eigenvalue weighted by molar-refractivity contribution is -0.123. The number of nitrogens with two attached hydrogens (primary N) is 1. The summed E-state index contributed by atoms with van der Waals surface area (Å²) < 4.78 is 0. The van der Waals surface area contributed by atoms with Crippen LogP contribution in [-0.2, 0) is 4.79 Å². The molecule has 17 heavy (non-hydrogen) atoms. The van der Waals surface area contributed by atoms with Gasteiger partial charge in [-0.3, -0.25) is 9.69 Å². The Kier molecular flexibility index (Phi) is 4.40. The second kappa shape index (κ2) is 5.83. The molecular formula is C13H25N3O. The number of rotatable bonds is 3. The molecule has 1 amide bonds. The third-order valence-electron chi connectivity index (χ3n) is 4.13. The molecule has 4 heteroatoms. The molecule has 1 saturated carbocycles. The van der Waals surface area contributed by atoms with Crippen LogP contribution < -0.4 is 11.1 Å². The van der Waals surface area contributed by atoms with Crippen molar-refractivity contribution < 1.29 is 4.79 Å². The van der Waals surface area contributed by atoms with Crippen molar-refractivity contribution in [3.05, 3.63) is 0 Å². The molecule has 0 bridgehead atoms. The van der Waals surface area contributed by atoms with Crippen LogP contribution in [0.2, 0.25) is 0 Å². The Morgan fingerprint density at radius 3 is 2.76 bits per heavy atom. The van der Waals surface area contributed by atoms with Crippen LogP contribution in [0.3, 0.4) is 0 Å². The fraction of sp³-hybridized carbons (Fsp3) is 0.923. The summed E-state index contributed by atoms with van der Waals surface area (Å²) in [6, 6.07) is 0.656. The Bertz CT molecular complexity index is 269. The maximum atomic E-state index is 11.9. The number of amides is 1. The molecule has 1 aliphatic heterocycles. The lowest BCUT2D eigenvalue weighted by Crippen LogP contribution is -2.45. The van der Waals surface area contributed by atoms with Gasteiger partial charge in [-0.05, 0) is 25.2 Å². The second-order valence-electron chi connectivity index (χ2n) is 5.72. The van der Waals surface area contributed by atoms with Crippen molar-refractivity contribution in [2.45, 2.75) is 51.1 Å². The molecule has 0 spiro atoms. The van der Waals surface area contributed by atoms with E-state index in [1.54, 1.807) is 0 Å². The van der Waals surface area contributed by atoms with Crippen LogP contribution in [0, 0.1) is 5.92 Å². The van der Waals surface area contributed by atoms with Crippen molar-refractivity contribution in [1.82, 2.24) is 10.2 Å². The highest BCUT2D eigenvalue weighted by Crippen LogP contribution is 2.23. The molecule has 2 fully saturated rings. The Morgan fingerprint density at radius 1 is 1.35 bits per heavy atom. The first-order valence-electron chi connectivity index (χ1n) is 6.92. The number of carbonyl (C=O) groups excluding carboxylic acids is 1. The van der Waals surface area contributed by atoms with Gasteiger partial charge in [0.1, 0.15) is 0 Å². The molecule has 0 aromatic heterocycles. The van der Waals surface area contributed by atoms with Crippen LogP contribution in [0.4, 0.5) is 0 Å². The third-order valence-corrected chi connectivity index (χ3v) is 4.13. The molecule has 0 aromatic rings. The Balaban J connectivity index is 1.73. The molecule has 3 N–H and O–H groups in total. The van der Waals surface area contributed by atoms with E-state index in [9.17, 15) is 4.79 Å². The second-order valence-corrected chi connectivity index (χ2v) is 5.72. The highest BCUT2D eigenvalue weighted by atomic mass is 16.2. The summed E-state index contributed by atoms with van der Waals surface area (Å²) in [5.41, 5.74) is 5.83. The van der Waals surface area contributed by atoms with Gasteiger partial charge in [0.2, 0.25) is 5.91 Å². The van der Waals surface area contributed by atoms with E-state index in [2.05, 4.69) is 17.1 Å². The van der Waals surface area contributed by atoms with Crippen LogP contribution in [0.25, 0.3) is 0 Å². The number of likely N-dealkylation sites (tertiary alicyclic amines) is 1. The average molecular weight is 239 g/mol. The quantitative estimate of drug-likeness (QED) is 0.763. The fourth-order valence-electron chi connectivity index (χ4n) is 2.99. The molecule has 2 aliphatic rings. The maximum Gasteiger partial charge on any atom is 0.234 e. The minimum absolute atomic E-state index is 0.179. The van der Waals surface area contributed by atoms with E-state index in [0.717, 1.165) is 25.9 Å². The monoisotopic (exact) mass is 239 g/mol. The predicted molar refractivity (Wildman–Crippen MR) is 68.6 cm³/mol. The summed E-state index contributed by atoms with van der Waals surface area (Å²) in [6.45, 7) is 4.61. The summed E-state index contributed by atoms with van der Waals surface area (Å²) in [6.07, 6.45) is 5.98. The first kappa shape index (κ1) is 12.8. The van der Waals surface area contributed by atoms with Gasteiger partial charge in [-0.15, -0.1) is 0 Å². The van der Waals surface area contributed by atoms with Crippen LogP contribution in [-0.4, -0.2) is 42.5 Å². The topological polar surface area (TPSA) is 58.4 Å². The summed E-state index contributed by atoms with van der Waals surface area (Å²) in [4.78, 5) is 14.1. The zero-order chi connectivity index (χ0) is 12.3. The SMILES string of the molecule is CC1CCCCC1NC(=O)CN1CCC(N)C1. The van der Waals surface area contributed by atoms with Gasteiger partial charge in [0.05, 0.1) is 6.54 Å². The van der Waals surface area contributed by atoms with E-state index in [1.807, 2.05) is 0 Å². The Labute approximate surface area is 104 Å². The van der Waals surface area contributed by atoms with Crippen molar-refractivity contribution in [2.24, 2.45) is 11.7 Å². The highest BCUT2D eigenvalue weighted by Gasteiger charge is 2.25.